The number of hydrogen-bond donors (Lipinski definition) is 1. The van der Waals surface area contributed by atoms with Crippen molar-refractivity contribution in [3.63, 3.8) is 0 Å². The zero-order chi connectivity index (χ0) is 15.4. The van der Waals surface area contributed by atoms with Gasteiger partial charge in [0, 0.05) is 10.6 Å². The lowest BCUT2D eigenvalue weighted by atomic mass is 9.98. The zero-order valence-corrected chi connectivity index (χ0v) is 14.1. The number of halogens is 3. The molecule has 0 aliphatic carbocycles. The van der Waals surface area contributed by atoms with Crippen LogP contribution in [0.2, 0.25) is 5.02 Å². The van der Waals surface area contributed by atoms with Gasteiger partial charge in [0.25, 0.3) is 0 Å². The molecule has 1 N–H and O–H groups in total. The molecule has 5 heteroatoms. The van der Waals surface area contributed by atoms with Gasteiger partial charge in [-0.05, 0) is 52.3 Å². The maximum Gasteiger partial charge on any atom is 0.133 e. The topological polar surface area (TPSA) is 21.3 Å². The van der Waals surface area contributed by atoms with Crippen LogP contribution in [0.25, 0.3) is 0 Å². The third-order valence-corrected chi connectivity index (χ3v) is 4.16. The van der Waals surface area contributed by atoms with Crippen molar-refractivity contribution < 1.29 is 9.13 Å². The van der Waals surface area contributed by atoms with Crippen molar-refractivity contribution in [3.05, 3.63) is 62.8 Å². The van der Waals surface area contributed by atoms with Gasteiger partial charge in [-0.15, -0.1) is 0 Å². The summed E-state index contributed by atoms with van der Waals surface area (Å²) in [4.78, 5) is 0. The van der Waals surface area contributed by atoms with Crippen LogP contribution in [-0.2, 0) is 0 Å². The fourth-order valence-corrected chi connectivity index (χ4v) is 3.07. The first-order valence-electron chi connectivity index (χ1n) is 6.59. The molecule has 0 aliphatic heterocycles. The van der Waals surface area contributed by atoms with Gasteiger partial charge in [-0.25, -0.2) is 4.39 Å². The lowest BCUT2D eigenvalue weighted by Gasteiger charge is -2.21. The molecular weight excluding hydrogens is 357 g/mol. The Labute approximate surface area is 137 Å². The Hall–Kier alpha value is -1.10. The van der Waals surface area contributed by atoms with Crippen LogP contribution in [-0.4, -0.2) is 13.7 Å². The molecule has 0 spiro atoms. The van der Waals surface area contributed by atoms with E-state index in [1.54, 1.807) is 19.2 Å². The molecule has 0 radical (unpaired) electrons. The van der Waals surface area contributed by atoms with Crippen LogP contribution in [0.1, 0.15) is 24.1 Å². The molecule has 0 aromatic heterocycles. The normalized spacial score (nSPS) is 12.2. The van der Waals surface area contributed by atoms with E-state index in [4.69, 9.17) is 16.3 Å². The predicted molar refractivity (Wildman–Crippen MR) is 87.6 cm³/mol. The molecule has 0 fully saturated rings. The van der Waals surface area contributed by atoms with Gasteiger partial charge in [0.1, 0.15) is 11.6 Å². The maximum absolute atomic E-state index is 14.2. The van der Waals surface area contributed by atoms with Crippen molar-refractivity contribution in [1.82, 2.24) is 5.32 Å². The minimum atomic E-state index is -0.319. The highest BCUT2D eigenvalue weighted by Crippen LogP contribution is 2.34. The molecule has 21 heavy (non-hydrogen) atoms. The van der Waals surface area contributed by atoms with Crippen molar-refractivity contribution in [2.45, 2.75) is 13.0 Å². The highest BCUT2D eigenvalue weighted by Gasteiger charge is 2.20. The highest BCUT2D eigenvalue weighted by atomic mass is 79.9. The van der Waals surface area contributed by atoms with Gasteiger partial charge >= 0.3 is 0 Å². The largest absolute Gasteiger partial charge is 0.496 e. The molecule has 0 saturated heterocycles. The summed E-state index contributed by atoms with van der Waals surface area (Å²) in [6.07, 6.45) is 0. The average molecular weight is 373 g/mol. The zero-order valence-electron chi connectivity index (χ0n) is 11.8. The quantitative estimate of drug-likeness (QED) is 0.802. The second-order valence-electron chi connectivity index (χ2n) is 4.52. The SMILES string of the molecule is CCNC(c1ccc(OC)c(Br)c1)c1c(F)cccc1Cl. The van der Waals surface area contributed by atoms with Crippen molar-refractivity contribution in [2.75, 3.05) is 13.7 Å². The van der Waals surface area contributed by atoms with Crippen molar-refractivity contribution in [1.29, 1.82) is 0 Å². The molecule has 2 aromatic rings. The summed E-state index contributed by atoms with van der Waals surface area (Å²) in [7, 11) is 1.61. The van der Waals surface area contributed by atoms with Gasteiger partial charge in [0.05, 0.1) is 17.6 Å². The summed E-state index contributed by atoms with van der Waals surface area (Å²) < 4.78 is 20.2. The monoisotopic (exact) mass is 371 g/mol. The number of ether oxygens (including phenoxy) is 1. The smallest absolute Gasteiger partial charge is 0.133 e. The van der Waals surface area contributed by atoms with Crippen LogP contribution < -0.4 is 10.1 Å². The summed E-state index contributed by atoms with van der Waals surface area (Å²) in [5.41, 5.74) is 1.37. The number of hydrogen-bond acceptors (Lipinski definition) is 2. The van der Waals surface area contributed by atoms with E-state index >= 15 is 0 Å². The van der Waals surface area contributed by atoms with Gasteiger partial charge in [-0.3, -0.25) is 0 Å². The molecule has 0 bridgehead atoms. The van der Waals surface area contributed by atoms with E-state index in [1.165, 1.54) is 6.07 Å². The highest BCUT2D eigenvalue weighted by molar-refractivity contribution is 9.10. The minimum Gasteiger partial charge on any atom is -0.496 e. The minimum absolute atomic E-state index is 0.314. The molecule has 0 saturated carbocycles. The van der Waals surface area contributed by atoms with Gasteiger partial charge in [0.2, 0.25) is 0 Å². The number of benzene rings is 2. The Morgan fingerprint density at radius 3 is 2.67 bits per heavy atom. The summed E-state index contributed by atoms with van der Waals surface area (Å²) in [5, 5.41) is 3.69. The fourth-order valence-electron chi connectivity index (χ4n) is 2.24. The van der Waals surface area contributed by atoms with Crippen molar-refractivity contribution in [3.8, 4) is 5.75 Å². The summed E-state index contributed by atoms with van der Waals surface area (Å²) >= 11 is 9.65. The van der Waals surface area contributed by atoms with E-state index in [-0.39, 0.29) is 11.9 Å². The Balaban J connectivity index is 2.51. The van der Waals surface area contributed by atoms with Gasteiger partial charge in [-0.2, -0.15) is 0 Å². The van der Waals surface area contributed by atoms with Gasteiger partial charge in [0.15, 0.2) is 0 Å². The van der Waals surface area contributed by atoms with Crippen LogP contribution in [0.3, 0.4) is 0 Å². The second-order valence-corrected chi connectivity index (χ2v) is 5.78. The van der Waals surface area contributed by atoms with Crippen molar-refractivity contribution >= 4 is 27.5 Å². The maximum atomic E-state index is 14.2. The third kappa shape index (κ3) is 3.57. The molecule has 2 aromatic carbocycles. The van der Waals surface area contributed by atoms with Gasteiger partial charge in [-0.1, -0.05) is 30.7 Å². The lowest BCUT2D eigenvalue weighted by Crippen LogP contribution is -2.23. The first-order chi connectivity index (χ1) is 10.1. The Morgan fingerprint density at radius 2 is 2.10 bits per heavy atom. The van der Waals surface area contributed by atoms with E-state index in [0.29, 0.717) is 17.1 Å². The van der Waals surface area contributed by atoms with Crippen LogP contribution in [0.5, 0.6) is 5.75 Å². The Morgan fingerprint density at radius 1 is 1.33 bits per heavy atom. The Kier molecular flexibility index (Phi) is 5.62. The molecule has 0 amide bonds. The molecule has 2 rings (SSSR count). The summed E-state index contributed by atoms with van der Waals surface area (Å²) in [6, 6.07) is 10.1. The van der Waals surface area contributed by atoms with Crippen LogP contribution in [0, 0.1) is 5.82 Å². The molecule has 2 nitrogen and oxygen atoms in total. The Bertz CT molecular complexity index is 615. The van der Waals surface area contributed by atoms with E-state index in [1.807, 2.05) is 25.1 Å². The van der Waals surface area contributed by atoms with Crippen LogP contribution in [0.4, 0.5) is 4.39 Å². The molecular formula is C16H16BrClFNO. The summed E-state index contributed by atoms with van der Waals surface area (Å²) in [5.74, 6) is 0.411. The first kappa shape index (κ1) is 16.3. The number of methoxy groups -OCH3 is 1. The van der Waals surface area contributed by atoms with E-state index < -0.39 is 0 Å². The second kappa shape index (κ2) is 7.25. The molecule has 1 unspecified atom stereocenters. The first-order valence-corrected chi connectivity index (χ1v) is 7.76. The van der Waals surface area contributed by atoms with Crippen LogP contribution in [0.15, 0.2) is 40.9 Å². The predicted octanol–water partition coefficient (Wildman–Crippen LogP) is 4.95. The molecule has 0 aliphatic rings. The number of nitrogens with one attached hydrogen (secondary N) is 1. The molecule has 1 atom stereocenters. The third-order valence-electron chi connectivity index (χ3n) is 3.21. The molecule has 112 valence electrons. The lowest BCUT2D eigenvalue weighted by molar-refractivity contribution is 0.411. The molecule has 0 heterocycles. The fraction of sp³-hybridized carbons (Fsp3) is 0.250. The van der Waals surface area contributed by atoms with E-state index in [2.05, 4.69) is 21.2 Å². The van der Waals surface area contributed by atoms with Crippen LogP contribution >= 0.6 is 27.5 Å². The van der Waals surface area contributed by atoms with Crippen molar-refractivity contribution in [2.24, 2.45) is 0 Å². The van der Waals surface area contributed by atoms with Gasteiger partial charge < -0.3 is 10.1 Å². The standard InChI is InChI=1S/C16H16BrClFNO/c1-3-20-16(15-12(18)5-4-6-13(15)19)10-7-8-14(21-2)11(17)9-10/h4-9,16,20H,3H2,1-2H3. The van der Waals surface area contributed by atoms with E-state index in [9.17, 15) is 4.39 Å². The van der Waals surface area contributed by atoms with E-state index in [0.717, 1.165) is 15.8 Å². The summed E-state index contributed by atoms with van der Waals surface area (Å²) in [6.45, 7) is 2.67. The number of rotatable bonds is 5. The average Bonchev–Trinajstić information content (AvgIpc) is 2.46.